The highest BCUT2D eigenvalue weighted by atomic mass is 15.1. The lowest BCUT2D eigenvalue weighted by Crippen LogP contribution is -2.41. The minimum atomic E-state index is 0.620. The first-order valence-electron chi connectivity index (χ1n) is 6.33. The Balaban J connectivity index is 1.82. The van der Waals surface area contributed by atoms with E-state index in [0.717, 1.165) is 23.7 Å². The molecule has 1 aliphatic heterocycles. The molecular formula is C13H22N2. The highest BCUT2D eigenvalue weighted by molar-refractivity contribution is 5.14. The first-order valence-corrected chi connectivity index (χ1v) is 6.33. The van der Waals surface area contributed by atoms with Crippen molar-refractivity contribution < 1.29 is 0 Å². The fraction of sp³-hybridized carbons (Fsp3) is 0.846. The summed E-state index contributed by atoms with van der Waals surface area (Å²) in [7, 11) is 4.37. The zero-order chi connectivity index (χ0) is 10.4. The number of rotatable bonds is 2. The lowest BCUT2D eigenvalue weighted by molar-refractivity contribution is 0.250. The third-order valence-corrected chi connectivity index (χ3v) is 4.59. The summed E-state index contributed by atoms with van der Waals surface area (Å²) in [6.07, 6.45) is 7.90. The van der Waals surface area contributed by atoms with Crippen molar-refractivity contribution in [3.63, 3.8) is 0 Å². The van der Waals surface area contributed by atoms with Crippen LogP contribution >= 0.6 is 0 Å². The average Bonchev–Trinajstić information content (AvgIpc) is 2.98. The number of likely N-dealkylation sites (N-methyl/N-ethyl adjacent to an activating group) is 1. The van der Waals surface area contributed by atoms with Gasteiger partial charge in [-0.1, -0.05) is 12.2 Å². The summed E-state index contributed by atoms with van der Waals surface area (Å²) in [6.45, 7) is 2.60. The summed E-state index contributed by atoms with van der Waals surface area (Å²) in [5, 5.41) is 3.46. The molecule has 1 saturated heterocycles. The van der Waals surface area contributed by atoms with Crippen molar-refractivity contribution >= 4 is 0 Å². The van der Waals surface area contributed by atoms with Gasteiger partial charge in [-0.2, -0.15) is 0 Å². The Hall–Kier alpha value is -0.340. The number of hydrogen-bond acceptors (Lipinski definition) is 2. The van der Waals surface area contributed by atoms with Crippen LogP contribution in [0.1, 0.15) is 12.8 Å². The SMILES string of the molecule is CNC1C=CC(C2CC2)C2CN(C)CC12. The van der Waals surface area contributed by atoms with Gasteiger partial charge < -0.3 is 10.2 Å². The van der Waals surface area contributed by atoms with Crippen LogP contribution in [0.5, 0.6) is 0 Å². The van der Waals surface area contributed by atoms with Crippen LogP contribution in [-0.4, -0.2) is 38.1 Å². The molecule has 2 nitrogen and oxygen atoms in total. The van der Waals surface area contributed by atoms with Crippen LogP contribution in [0.15, 0.2) is 12.2 Å². The van der Waals surface area contributed by atoms with Crippen molar-refractivity contribution in [2.75, 3.05) is 27.2 Å². The minimum absolute atomic E-state index is 0.620. The molecule has 0 aromatic heterocycles. The predicted molar refractivity (Wildman–Crippen MR) is 62.7 cm³/mol. The van der Waals surface area contributed by atoms with Crippen LogP contribution in [0, 0.1) is 23.7 Å². The number of nitrogens with one attached hydrogen (secondary N) is 1. The first kappa shape index (κ1) is 9.86. The monoisotopic (exact) mass is 206 g/mol. The molecule has 4 unspecified atom stereocenters. The smallest absolute Gasteiger partial charge is 0.0291 e. The van der Waals surface area contributed by atoms with E-state index in [9.17, 15) is 0 Å². The quantitative estimate of drug-likeness (QED) is 0.686. The Morgan fingerprint density at radius 1 is 1.13 bits per heavy atom. The van der Waals surface area contributed by atoms with Gasteiger partial charge >= 0.3 is 0 Å². The van der Waals surface area contributed by atoms with Crippen LogP contribution in [-0.2, 0) is 0 Å². The normalized spacial score (nSPS) is 45.7. The van der Waals surface area contributed by atoms with Crippen LogP contribution < -0.4 is 5.32 Å². The molecule has 3 aliphatic rings. The maximum Gasteiger partial charge on any atom is 0.0291 e. The van der Waals surface area contributed by atoms with E-state index in [4.69, 9.17) is 0 Å². The van der Waals surface area contributed by atoms with E-state index < -0.39 is 0 Å². The van der Waals surface area contributed by atoms with Crippen molar-refractivity contribution in [2.45, 2.75) is 18.9 Å². The summed E-state index contributed by atoms with van der Waals surface area (Å²) in [6, 6.07) is 0.620. The highest BCUT2D eigenvalue weighted by Gasteiger charge is 2.46. The zero-order valence-electron chi connectivity index (χ0n) is 9.82. The molecule has 2 heteroatoms. The van der Waals surface area contributed by atoms with Gasteiger partial charge in [-0.15, -0.1) is 0 Å². The van der Waals surface area contributed by atoms with E-state index in [1.807, 2.05) is 0 Å². The Kier molecular flexibility index (Phi) is 2.37. The van der Waals surface area contributed by atoms with Gasteiger partial charge in [0.15, 0.2) is 0 Å². The van der Waals surface area contributed by atoms with Crippen LogP contribution in [0.4, 0.5) is 0 Å². The molecule has 0 aromatic carbocycles. The van der Waals surface area contributed by atoms with Gasteiger partial charge in [0, 0.05) is 19.1 Å². The maximum absolute atomic E-state index is 3.46. The fourth-order valence-electron chi connectivity index (χ4n) is 3.68. The second kappa shape index (κ2) is 3.60. The van der Waals surface area contributed by atoms with Crippen molar-refractivity contribution in [3.05, 3.63) is 12.2 Å². The molecule has 0 radical (unpaired) electrons. The third kappa shape index (κ3) is 1.64. The van der Waals surface area contributed by atoms with E-state index in [1.165, 1.54) is 25.9 Å². The van der Waals surface area contributed by atoms with Gasteiger partial charge in [0.05, 0.1) is 0 Å². The number of allylic oxidation sites excluding steroid dienone is 1. The molecule has 84 valence electrons. The summed E-state index contributed by atoms with van der Waals surface area (Å²) < 4.78 is 0. The van der Waals surface area contributed by atoms with Gasteiger partial charge in [0.25, 0.3) is 0 Å². The van der Waals surface area contributed by atoms with Crippen molar-refractivity contribution in [2.24, 2.45) is 23.7 Å². The average molecular weight is 206 g/mol. The molecule has 0 aromatic rings. The van der Waals surface area contributed by atoms with Crippen LogP contribution in [0.3, 0.4) is 0 Å². The van der Waals surface area contributed by atoms with E-state index in [2.05, 4.69) is 36.5 Å². The van der Waals surface area contributed by atoms with E-state index >= 15 is 0 Å². The minimum Gasteiger partial charge on any atom is -0.313 e. The summed E-state index contributed by atoms with van der Waals surface area (Å²) in [5.41, 5.74) is 0. The molecule has 1 heterocycles. The molecule has 2 fully saturated rings. The predicted octanol–water partition coefficient (Wildman–Crippen LogP) is 1.35. The highest BCUT2D eigenvalue weighted by Crippen LogP contribution is 2.48. The summed E-state index contributed by atoms with van der Waals surface area (Å²) in [4.78, 5) is 2.52. The third-order valence-electron chi connectivity index (χ3n) is 4.59. The Morgan fingerprint density at radius 3 is 2.53 bits per heavy atom. The summed E-state index contributed by atoms with van der Waals surface area (Å²) >= 11 is 0. The van der Waals surface area contributed by atoms with Crippen molar-refractivity contribution in [1.29, 1.82) is 0 Å². The van der Waals surface area contributed by atoms with Crippen LogP contribution in [0.2, 0.25) is 0 Å². The standard InChI is InChI=1S/C13H22N2/c1-14-13-6-5-10(9-3-4-9)11-7-15(2)8-12(11)13/h5-6,9-14H,3-4,7-8H2,1-2H3. The first-order chi connectivity index (χ1) is 7.29. The Labute approximate surface area is 92.7 Å². The van der Waals surface area contributed by atoms with Gasteiger partial charge in [-0.25, -0.2) is 0 Å². The topological polar surface area (TPSA) is 15.3 Å². The van der Waals surface area contributed by atoms with Gasteiger partial charge in [-0.05, 0) is 50.6 Å². The second-order valence-corrected chi connectivity index (χ2v) is 5.66. The second-order valence-electron chi connectivity index (χ2n) is 5.66. The molecular weight excluding hydrogens is 184 g/mol. The molecule has 2 aliphatic carbocycles. The van der Waals surface area contributed by atoms with E-state index in [0.29, 0.717) is 6.04 Å². The molecule has 0 bridgehead atoms. The lowest BCUT2D eigenvalue weighted by atomic mass is 9.73. The molecule has 15 heavy (non-hydrogen) atoms. The Bertz CT molecular complexity index is 270. The van der Waals surface area contributed by atoms with Crippen LogP contribution in [0.25, 0.3) is 0 Å². The van der Waals surface area contributed by atoms with E-state index in [1.54, 1.807) is 0 Å². The Morgan fingerprint density at radius 2 is 1.87 bits per heavy atom. The maximum atomic E-state index is 3.46. The number of likely N-dealkylation sites (tertiary alicyclic amines) is 1. The lowest BCUT2D eigenvalue weighted by Gasteiger charge is -2.34. The molecule has 4 atom stereocenters. The molecule has 1 N–H and O–H groups in total. The van der Waals surface area contributed by atoms with Gasteiger partial charge in [0.1, 0.15) is 0 Å². The number of nitrogens with zero attached hydrogens (tertiary/aromatic N) is 1. The number of fused-ring (bicyclic) bond motifs is 1. The zero-order valence-corrected chi connectivity index (χ0v) is 9.82. The fourth-order valence-corrected chi connectivity index (χ4v) is 3.68. The van der Waals surface area contributed by atoms with Gasteiger partial charge in [-0.3, -0.25) is 0 Å². The molecule has 0 spiro atoms. The van der Waals surface area contributed by atoms with Crippen molar-refractivity contribution in [1.82, 2.24) is 10.2 Å². The number of hydrogen-bond donors (Lipinski definition) is 1. The molecule has 0 amide bonds. The largest absolute Gasteiger partial charge is 0.313 e. The summed E-state index contributed by atoms with van der Waals surface area (Å²) in [5.74, 6) is 3.70. The van der Waals surface area contributed by atoms with Gasteiger partial charge in [0.2, 0.25) is 0 Å². The van der Waals surface area contributed by atoms with E-state index in [-0.39, 0.29) is 0 Å². The van der Waals surface area contributed by atoms with Crippen molar-refractivity contribution in [3.8, 4) is 0 Å². The molecule has 1 saturated carbocycles. The molecule has 3 rings (SSSR count).